The highest BCUT2D eigenvalue weighted by atomic mass is 35.5. The van der Waals surface area contributed by atoms with Crippen molar-refractivity contribution >= 4 is 17.6 Å². The van der Waals surface area contributed by atoms with Crippen LogP contribution in [-0.4, -0.2) is 17.0 Å². The minimum atomic E-state index is -0.687. The predicted octanol–water partition coefficient (Wildman–Crippen LogP) is 1.94. The Hall–Kier alpha value is -1.06. The smallest absolute Gasteiger partial charge is 0.338 e. The first-order valence-electron chi connectivity index (χ1n) is 4.68. The third kappa shape index (κ3) is 1.62. The Labute approximate surface area is 92.6 Å². The van der Waals surface area contributed by atoms with Crippen LogP contribution in [0.5, 0.6) is 0 Å². The largest absolute Gasteiger partial charge is 0.457 e. The lowest BCUT2D eigenvalue weighted by Gasteiger charge is -2.12. The molecule has 15 heavy (non-hydrogen) atoms. The molecule has 3 nitrogen and oxygen atoms in total. The average molecular weight is 227 g/mol. The number of benzene rings is 1. The van der Waals surface area contributed by atoms with Crippen molar-refractivity contribution < 1.29 is 14.6 Å². The number of carbonyl (C=O) groups excluding carboxylic acids is 1. The number of hydrogen-bond acceptors (Lipinski definition) is 3. The zero-order valence-corrected chi connectivity index (χ0v) is 9.04. The molecule has 0 bridgehead atoms. The molecular formula is C11H11ClO3. The normalized spacial score (nSPS) is 16.1. The number of aliphatic hydroxyl groups excluding tert-OH is 1. The molecule has 4 heteroatoms. The number of ether oxygens (including phenoxy) is 1. The first-order chi connectivity index (χ1) is 7.15. The van der Waals surface area contributed by atoms with E-state index >= 15 is 0 Å². The Morgan fingerprint density at radius 1 is 1.60 bits per heavy atom. The molecule has 0 saturated heterocycles. The summed E-state index contributed by atoms with van der Waals surface area (Å²) in [6.45, 7) is 2.16. The second kappa shape index (κ2) is 3.83. The standard InChI is InChI=1S/C11H11ClO3/c1-6-7(10(13)4-12)2-3-8-9(6)5-15-11(8)14/h2-3,10,13H,4-5H2,1H3/t10-/m0/s1. The molecule has 1 aromatic carbocycles. The molecule has 0 fully saturated rings. The molecular weight excluding hydrogens is 216 g/mol. The molecule has 1 heterocycles. The number of hydrogen-bond donors (Lipinski definition) is 1. The number of fused-ring (bicyclic) bond motifs is 1. The van der Waals surface area contributed by atoms with Crippen LogP contribution < -0.4 is 0 Å². The van der Waals surface area contributed by atoms with Crippen LogP contribution in [0.2, 0.25) is 0 Å². The van der Waals surface area contributed by atoms with Gasteiger partial charge >= 0.3 is 5.97 Å². The SMILES string of the molecule is Cc1c([C@@H](O)CCl)ccc2c1COC2=O. The summed E-state index contributed by atoms with van der Waals surface area (Å²) in [5.41, 5.74) is 3.12. The van der Waals surface area contributed by atoms with Crippen LogP contribution in [0, 0.1) is 6.92 Å². The highest BCUT2D eigenvalue weighted by Gasteiger charge is 2.25. The van der Waals surface area contributed by atoms with Gasteiger partial charge in [-0.3, -0.25) is 0 Å². The zero-order valence-electron chi connectivity index (χ0n) is 8.29. The van der Waals surface area contributed by atoms with Crippen molar-refractivity contribution in [3.8, 4) is 0 Å². The Kier molecular flexibility index (Phi) is 2.67. The van der Waals surface area contributed by atoms with Gasteiger partial charge in [0.1, 0.15) is 6.61 Å². The van der Waals surface area contributed by atoms with E-state index in [-0.39, 0.29) is 11.8 Å². The number of rotatable bonds is 2. The van der Waals surface area contributed by atoms with Gasteiger partial charge in [-0.15, -0.1) is 11.6 Å². The maximum absolute atomic E-state index is 11.3. The summed E-state index contributed by atoms with van der Waals surface area (Å²) in [7, 11) is 0. The Bertz CT molecular complexity index is 415. The molecule has 0 unspecified atom stereocenters. The Morgan fingerprint density at radius 2 is 2.33 bits per heavy atom. The van der Waals surface area contributed by atoms with E-state index in [2.05, 4.69) is 0 Å². The Morgan fingerprint density at radius 3 is 3.00 bits per heavy atom. The van der Waals surface area contributed by atoms with Crippen LogP contribution in [0.1, 0.15) is 33.2 Å². The molecule has 0 spiro atoms. The van der Waals surface area contributed by atoms with Crippen LogP contribution in [0.3, 0.4) is 0 Å². The van der Waals surface area contributed by atoms with E-state index in [1.165, 1.54) is 0 Å². The maximum Gasteiger partial charge on any atom is 0.338 e. The number of esters is 1. The monoisotopic (exact) mass is 226 g/mol. The quantitative estimate of drug-likeness (QED) is 0.619. The number of aliphatic hydroxyl groups is 1. The molecule has 0 aliphatic carbocycles. The molecule has 1 atom stereocenters. The van der Waals surface area contributed by atoms with Gasteiger partial charge in [-0.2, -0.15) is 0 Å². The number of halogens is 1. The number of alkyl halides is 1. The van der Waals surface area contributed by atoms with Crippen LogP contribution in [0.15, 0.2) is 12.1 Å². The van der Waals surface area contributed by atoms with Crippen molar-refractivity contribution in [1.29, 1.82) is 0 Å². The van der Waals surface area contributed by atoms with Crippen molar-refractivity contribution in [2.24, 2.45) is 0 Å². The molecule has 0 aromatic heterocycles. The Balaban J connectivity index is 2.51. The van der Waals surface area contributed by atoms with Gasteiger partial charge in [0.15, 0.2) is 0 Å². The van der Waals surface area contributed by atoms with Gasteiger partial charge < -0.3 is 9.84 Å². The first-order valence-corrected chi connectivity index (χ1v) is 5.22. The van der Waals surface area contributed by atoms with Crippen molar-refractivity contribution in [2.75, 3.05) is 5.88 Å². The minimum Gasteiger partial charge on any atom is -0.457 e. The van der Waals surface area contributed by atoms with Gasteiger partial charge in [-0.25, -0.2) is 4.79 Å². The van der Waals surface area contributed by atoms with E-state index in [0.717, 1.165) is 16.7 Å². The van der Waals surface area contributed by atoms with Crippen LogP contribution >= 0.6 is 11.6 Å². The summed E-state index contributed by atoms with van der Waals surface area (Å²) in [5, 5.41) is 9.65. The fourth-order valence-corrected chi connectivity index (χ4v) is 1.98. The lowest BCUT2D eigenvalue weighted by molar-refractivity contribution is 0.0535. The van der Waals surface area contributed by atoms with Gasteiger partial charge in [0.2, 0.25) is 0 Å². The topological polar surface area (TPSA) is 46.5 Å². The van der Waals surface area contributed by atoms with Crippen LogP contribution in [0.4, 0.5) is 0 Å². The second-order valence-electron chi connectivity index (χ2n) is 3.55. The minimum absolute atomic E-state index is 0.147. The van der Waals surface area contributed by atoms with Crippen LogP contribution in [-0.2, 0) is 11.3 Å². The van der Waals surface area contributed by atoms with Crippen molar-refractivity contribution in [3.05, 3.63) is 34.4 Å². The van der Waals surface area contributed by atoms with E-state index in [1.807, 2.05) is 6.92 Å². The van der Waals surface area contributed by atoms with Gasteiger partial charge in [0, 0.05) is 5.56 Å². The summed E-state index contributed by atoms with van der Waals surface area (Å²) in [6, 6.07) is 3.41. The van der Waals surface area contributed by atoms with E-state index < -0.39 is 6.10 Å². The lowest BCUT2D eigenvalue weighted by Crippen LogP contribution is -2.04. The third-order valence-electron chi connectivity index (χ3n) is 2.71. The fourth-order valence-electron chi connectivity index (χ4n) is 1.81. The van der Waals surface area contributed by atoms with Gasteiger partial charge in [0.05, 0.1) is 17.5 Å². The van der Waals surface area contributed by atoms with Crippen molar-refractivity contribution in [2.45, 2.75) is 19.6 Å². The lowest BCUT2D eigenvalue weighted by atomic mass is 9.96. The third-order valence-corrected chi connectivity index (χ3v) is 3.01. The highest BCUT2D eigenvalue weighted by Crippen LogP contribution is 2.29. The summed E-state index contributed by atoms with van der Waals surface area (Å²) in [5.74, 6) is -0.144. The van der Waals surface area contributed by atoms with Gasteiger partial charge in [-0.1, -0.05) is 6.07 Å². The molecule has 0 saturated carbocycles. The molecule has 0 radical (unpaired) electrons. The van der Waals surface area contributed by atoms with Crippen molar-refractivity contribution in [1.82, 2.24) is 0 Å². The molecule has 1 aliphatic heterocycles. The van der Waals surface area contributed by atoms with E-state index in [1.54, 1.807) is 12.1 Å². The van der Waals surface area contributed by atoms with E-state index in [0.29, 0.717) is 12.2 Å². The molecule has 80 valence electrons. The van der Waals surface area contributed by atoms with E-state index in [9.17, 15) is 9.90 Å². The average Bonchev–Trinajstić information content (AvgIpc) is 2.61. The number of carbonyl (C=O) groups is 1. The predicted molar refractivity (Wildman–Crippen MR) is 56.0 cm³/mol. The van der Waals surface area contributed by atoms with Crippen molar-refractivity contribution in [3.63, 3.8) is 0 Å². The summed E-state index contributed by atoms with van der Waals surface area (Å²) in [4.78, 5) is 11.3. The summed E-state index contributed by atoms with van der Waals surface area (Å²) in [6.07, 6.45) is -0.687. The van der Waals surface area contributed by atoms with Gasteiger partial charge in [0.25, 0.3) is 0 Å². The summed E-state index contributed by atoms with van der Waals surface area (Å²) >= 11 is 5.59. The maximum atomic E-state index is 11.3. The zero-order chi connectivity index (χ0) is 11.0. The molecule has 1 N–H and O–H groups in total. The van der Waals surface area contributed by atoms with Crippen LogP contribution in [0.25, 0.3) is 0 Å². The summed E-state index contributed by atoms with van der Waals surface area (Å²) < 4.78 is 4.92. The molecule has 1 aliphatic rings. The molecule has 0 amide bonds. The highest BCUT2D eigenvalue weighted by molar-refractivity contribution is 6.18. The van der Waals surface area contributed by atoms with Gasteiger partial charge in [-0.05, 0) is 24.1 Å². The number of cyclic esters (lactones) is 1. The first kappa shape index (κ1) is 10.5. The fraction of sp³-hybridized carbons (Fsp3) is 0.364. The molecule has 1 aromatic rings. The second-order valence-corrected chi connectivity index (χ2v) is 3.86. The van der Waals surface area contributed by atoms with E-state index in [4.69, 9.17) is 16.3 Å². The molecule has 2 rings (SSSR count).